The monoisotopic (exact) mass is 519 g/mol. The van der Waals surface area contributed by atoms with Gasteiger partial charge >= 0.3 is 0 Å². The molecule has 0 spiro atoms. The van der Waals surface area contributed by atoms with Gasteiger partial charge in [-0.2, -0.15) is 0 Å². The Morgan fingerprint density at radius 1 is 1.03 bits per heavy atom. The normalized spacial score (nSPS) is 19.6. The molecule has 2 aliphatic heterocycles. The second-order valence-corrected chi connectivity index (χ2v) is 11.2. The molecule has 0 bridgehead atoms. The number of benzene rings is 2. The van der Waals surface area contributed by atoms with E-state index in [1.807, 2.05) is 24.3 Å². The van der Waals surface area contributed by atoms with Gasteiger partial charge in [0.1, 0.15) is 0 Å². The first-order valence-electron chi connectivity index (χ1n) is 11.0. The number of aromatic nitrogens is 1. The van der Waals surface area contributed by atoms with Gasteiger partial charge in [0.25, 0.3) is 10.0 Å². The number of hydrogen-bond donors (Lipinski definition) is 1. The van der Waals surface area contributed by atoms with Crippen LogP contribution in [0.3, 0.4) is 0 Å². The maximum atomic E-state index is 13.2. The minimum atomic E-state index is -3.72. The van der Waals surface area contributed by atoms with Crippen LogP contribution >= 0.6 is 22.9 Å². The van der Waals surface area contributed by atoms with Crippen molar-refractivity contribution < 1.29 is 14.6 Å². The maximum Gasteiger partial charge on any atom is 0.263 e. The molecule has 2 aliphatic rings. The average molecular weight is 520 g/mol. The number of para-hydroxylation sites is 1. The molecule has 0 unspecified atom stereocenters. The molecule has 0 saturated carbocycles. The topological polar surface area (TPSA) is 85.9 Å². The quantitative estimate of drug-likeness (QED) is 0.533. The Bertz CT molecular complexity index is 1270. The molecule has 1 N–H and O–H groups in total. The molecule has 34 heavy (non-hydrogen) atoms. The Morgan fingerprint density at radius 3 is 2.44 bits per heavy atom. The van der Waals surface area contributed by atoms with Crippen LogP contribution in [-0.4, -0.2) is 63.0 Å². The number of amides is 1. The van der Waals surface area contributed by atoms with Crippen molar-refractivity contribution in [2.45, 2.75) is 17.4 Å². The fourth-order valence-corrected chi connectivity index (χ4v) is 6.54. The van der Waals surface area contributed by atoms with Crippen LogP contribution in [0.2, 0.25) is 5.02 Å². The number of nitrogens with zero attached hydrogens (tertiary/aromatic N) is 4. The summed E-state index contributed by atoms with van der Waals surface area (Å²) in [5, 5.41) is 2.76. The molecule has 1 atom stereocenters. The number of halogens is 1. The van der Waals surface area contributed by atoms with Crippen molar-refractivity contribution in [2.24, 2.45) is 0 Å². The molecule has 2 saturated heterocycles. The standard InChI is InChI=1S/C23H24ClN5O3S2.H2/c24-19-3-1-2-4-20(19)27-12-14-28(15-13-27)21-9-11-29(22(21)30)17-5-7-18(8-6-17)34(31,32)26-23-25-10-16-33-23;/h1-8,10,16,21H,9,11-15H2,(H,25,26);1H/t21-;/m0./s1. The van der Waals surface area contributed by atoms with Gasteiger partial charge in [-0.25, -0.2) is 13.4 Å². The van der Waals surface area contributed by atoms with Crippen LogP contribution in [0.25, 0.3) is 0 Å². The van der Waals surface area contributed by atoms with E-state index in [1.165, 1.54) is 29.7 Å². The summed E-state index contributed by atoms with van der Waals surface area (Å²) in [4.78, 5) is 23.6. The fraction of sp³-hybridized carbons (Fsp3) is 0.304. The van der Waals surface area contributed by atoms with Crippen molar-refractivity contribution in [1.29, 1.82) is 0 Å². The third-order valence-corrected chi connectivity index (χ3v) is 8.73. The number of rotatable bonds is 6. The molecule has 2 fully saturated rings. The molecule has 3 aromatic rings. The zero-order chi connectivity index (χ0) is 23.7. The van der Waals surface area contributed by atoms with Crippen molar-refractivity contribution in [3.05, 3.63) is 65.1 Å². The average Bonchev–Trinajstić information content (AvgIpc) is 3.49. The zero-order valence-electron chi connectivity index (χ0n) is 18.3. The van der Waals surface area contributed by atoms with E-state index in [0.717, 1.165) is 43.3 Å². The van der Waals surface area contributed by atoms with Gasteiger partial charge in [-0.1, -0.05) is 23.7 Å². The first-order chi connectivity index (χ1) is 16.4. The molecule has 0 aliphatic carbocycles. The molecule has 8 nitrogen and oxygen atoms in total. The number of anilines is 3. The molecule has 1 aromatic heterocycles. The second-order valence-electron chi connectivity index (χ2n) is 8.21. The predicted octanol–water partition coefficient (Wildman–Crippen LogP) is 3.77. The fourth-order valence-electron chi connectivity index (χ4n) is 4.50. The molecule has 180 valence electrons. The highest BCUT2D eigenvalue weighted by Crippen LogP contribution is 2.29. The van der Waals surface area contributed by atoms with Gasteiger partial charge in [-0.05, 0) is 42.8 Å². The molecular weight excluding hydrogens is 494 g/mol. The van der Waals surface area contributed by atoms with E-state index in [2.05, 4.69) is 19.5 Å². The summed E-state index contributed by atoms with van der Waals surface area (Å²) in [5.74, 6) is 0.0581. The molecule has 1 amide bonds. The lowest BCUT2D eigenvalue weighted by atomic mass is 10.1. The van der Waals surface area contributed by atoms with Crippen LogP contribution in [0.4, 0.5) is 16.5 Å². The SMILES string of the molecule is O=C1[C@@H](N2CCN(c3ccccc3Cl)CC2)CCN1c1ccc(S(=O)(=O)Nc2nccs2)cc1.[HH]. The van der Waals surface area contributed by atoms with Crippen LogP contribution in [0.1, 0.15) is 7.85 Å². The maximum absolute atomic E-state index is 13.2. The molecular formula is C23H26ClN5O3S2. The number of sulfonamides is 1. The lowest BCUT2D eigenvalue weighted by Gasteiger charge is -2.38. The van der Waals surface area contributed by atoms with E-state index in [9.17, 15) is 13.2 Å². The van der Waals surface area contributed by atoms with Crippen molar-refractivity contribution in [3.8, 4) is 0 Å². The van der Waals surface area contributed by atoms with Gasteiger partial charge in [-0.15, -0.1) is 11.3 Å². The van der Waals surface area contributed by atoms with Crippen LogP contribution in [0.15, 0.2) is 65.0 Å². The smallest absolute Gasteiger partial charge is 0.263 e. The lowest BCUT2D eigenvalue weighted by Crippen LogP contribution is -2.52. The summed E-state index contributed by atoms with van der Waals surface area (Å²) >= 11 is 7.56. The summed E-state index contributed by atoms with van der Waals surface area (Å²) < 4.78 is 27.6. The van der Waals surface area contributed by atoms with Crippen LogP contribution in [0.5, 0.6) is 0 Å². The summed E-state index contributed by atoms with van der Waals surface area (Å²) in [6.45, 7) is 3.81. The van der Waals surface area contributed by atoms with Crippen molar-refractivity contribution in [3.63, 3.8) is 0 Å². The first kappa shape index (κ1) is 23.1. The minimum absolute atomic E-state index is 0. The number of carbonyl (C=O) groups is 1. The largest absolute Gasteiger partial charge is 0.368 e. The third-order valence-electron chi connectivity index (χ3n) is 6.24. The lowest BCUT2D eigenvalue weighted by molar-refractivity contribution is -0.121. The Balaban J connectivity index is 0.00000289. The highest BCUT2D eigenvalue weighted by Gasteiger charge is 2.38. The van der Waals surface area contributed by atoms with E-state index < -0.39 is 10.0 Å². The Morgan fingerprint density at radius 2 is 1.76 bits per heavy atom. The van der Waals surface area contributed by atoms with Gasteiger partial charge in [0, 0.05) is 51.4 Å². The van der Waals surface area contributed by atoms with Gasteiger partial charge < -0.3 is 9.80 Å². The van der Waals surface area contributed by atoms with E-state index in [4.69, 9.17) is 11.6 Å². The number of hydrogen-bond acceptors (Lipinski definition) is 7. The number of nitrogens with one attached hydrogen (secondary N) is 1. The van der Waals surface area contributed by atoms with Crippen molar-refractivity contribution in [1.82, 2.24) is 9.88 Å². The van der Waals surface area contributed by atoms with E-state index >= 15 is 0 Å². The Hall–Kier alpha value is -2.66. The van der Waals surface area contributed by atoms with Crippen molar-refractivity contribution >= 4 is 55.4 Å². The molecule has 0 radical (unpaired) electrons. The third kappa shape index (κ3) is 4.63. The first-order valence-corrected chi connectivity index (χ1v) is 13.7. The van der Waals surface area contributed by atoms with Crippen molar-refractivity contribution in [2.75, 3.05) is 47.2 Å². The minimum Gasteiger partial charge on any atom is -0.368 e. The molecule has 2 aromatic carbocycles. The van der Waals surface area contributed by atoms with Gasteiger partial charge in [-0.3, -0.25) is 14.4 Å². The summed E-state index contributed by atoms with van der Waals surface area (Å²) in [6, 6.07) is 14.1. The number of thiazole rings is 1. The summed E-state index contributed by atoms with van der Waals surface area (Å²) in [5.41, 5.74) is 1.73. The van der Waals surface area contributed by atoms with Crippen LogP contribution in [0, 0.1) is 0 Å². The van der Waals surface area contributed by atoms with E-state index in [-0.39, 0.29) is 18.3 Å². The highest BCUT2D eigenvalue weighted by atomic mass is 35.5. The zero-order valence-corrected chi connectivity index (χ0v) is 20.7. The predicted molar refractivity (Wildman–Crippen MR) is 137 cm³/mol. The Labute approximate surface area is 209 Å². The molecule has 11 heteroatoms. The number of piperazine rings is 1. The number of carbonyl (C=O) groups excluding carboxylic acids is 1. The van der Waals surface area contributed by atoms with E-state index in [0.29, 0.717) is 17.4 Å². The van der Waals surface area contributed by atoms with Gasteiger partial charge in [0.05, 0.1) is 21.6 Å². The summed E-state index contributed by atoms with van der Waals surface area (Å²) in [7, 11) is -3.72. The van der Waals surface area contributed by atoms with Crippen LogP contribution < -0.4 is 14.5 Å². The summed E-state index contributed by atoms with van der Waals surface area (Å²) in [6.07, 6.45) is 2.29. The van der Waals surface area contributed by atoms with Gasteiger partial charge in [0.15, 0.2) is 5.13 Å². The molecule has 3 heterocycles. The Kier molecular flexibility index (Phi) is 6.48. The van der Waals surface area contributed by atoms with E-state index in [1.54, 1.807) is 22.4 Å². The highest BCUT2D eigenvalue weighted by molar-refractivity contribution is 7.93. The van der Waals surface area contributed by atoms with Gasteiger partial charge in [0.2, 0.25) is 5.91 Å². The second kappa shape index (κ2) is 9.53. The molecule has 5 rings (SSSR count). The van der Waals surface area contributed by atoms with Crippen LogP contribution in [-0.2, 0) is 14.8 Å².